The first kappa shape index (κ1) is 9.53. The van der Waals surface area contributed by atoms with Crippen LogP contribution in [0.2, 0.25) is 0 Å². The van der Waals surface area contributed by atoms with Crippen molar-refractivity contribution >= 4 is 0 Å². The van der Waals surface area contributed by atoms with Crippen molar-refractivity contribution in [1.29, 1.82) is 0 Å². The van der Waals surface area contributed by atoms with Crippen molar-refractivity contribution in [2.24, 2.45) is 0 Å². The number of benzene rings is 1. The van der Waals surface area contributed by atoms with E-state index in [0.29, 0.717) is 6.04 Å². The summed E-state index contributed by atoms with van der Waals surface area (Å²) in [7, 11) is 3.92. The van der Waals surface area contributed by atoms with Gasteiger partial charge in [-0.2, -0.15) is 0 Å². The first-order valence-electron chi connectivity index (χ1n) is 5.10. The highest BCUT2D eigenvalue weighted by Crippen LogP contribution is 2.33. The molecule has 1 aliphatic rings. The number of nitrogens with zero attached hydrogens (tertiary/aromatic N) is 1. The van der Waals surface area contributed by atoms with Gasteiger partial charge in [0.2, 0.25) is 0 Å². The molecule has 0 saturated carbocycles. The second-order valence-corrected chi connectivity index (χ2v) is 3.93. The third-order valence-electron chi connectivity index (χ3n) is 3.21. The number of likely N-dealkylation sites (N-methyl/N-ethyl adjacent to an activating group) is 1. The average Bonchev–Trinajstić information content (AvgIpc) is 2.23. The summed E-state index contributed by atoms with van der Waals surface area (Å²) in [6.45, 7) is 3.37. The minimum atomic E-state index is 0.508. The molecule has 2 rings (SSSR count). The molecule has 1 atom stereocenters. The van der Waals surface area contributed by atoms with E-state index in [2.05, 4.69) is 37.1 Å². The molecule has 0 N–H and O–H groups in total. The van der Waals surface area contributed by atoms with Crippen LogP contribution in [-0.2, 0) is 6.42 Å². The quantitative estimate of drug-likeness (QED) is 0.675. The lowest BCUT2D eigenvalue weighted by Gasteiger charge is -2.32. The summed E-state index contributed by atoms with van der Waals surface area (Å²) < 4.78 is 5.38. The molecule has 0 spiro atoms. The van der Waals surface area contributed by atoms with E-state index in [1.54, 1.807) is 7.11 Å². The second kappa shape index (κ2) is 3.62. The number of fused-ring (bicyclic) bond motifs is 1. The van der Waals surface area contributed by atoms with Crippen molar-refractivity contribution in [3.05, 3.63) is 29.3 Å². The van der Waals surface area contributed by atoms with Crippen LogP contribution in [0.3, 0.4) is 0 Å². The summed E-state index contributed by atoms with van der Waals surface area (Å²) in [6, 6.07) is 6.84. The van der Waals surface area contributed by atoms with Gasteiger partial charge < -0.3 is 4.74 Å². The Labute approximate surface area is 85.5 Å². The Balaban J connectivity index is 2.47. The minimum Gasteiger partial charge on any atom is -0.496 e. The van der Waals surface area contributed by atoms with Gasteiger partial charge in [0.15, 0.2) is 0 Å². The molecule has 0 saturated heterocycles. The molecular formula is C12H17NO. The molecule has 1 aromatic carbocycles. The summed E-state index contributed by atoms with van der Waals surface area (Å²) in [4.78, 5) is 2.38. The van der Waals surface area contributed by atoms with E-state index in [-0.39, 0.29) is 0 Å². The van der Waals surface area contributed by atoms with Gasteiger partial charge in [-0.25, -0.2) is 0 Å². The Morgan fingerprint density at radius 1 is 1.43 bits per heavy atom. The number of rotatable bonds is 1. The maximum Gasteiger partial charge on any atom is 0.122 e. The fourth-order valence-corrected chi connectivity index (χ4v) is 2.15. The molecule has 76 valence electrons. The molecule has 1 aromatic rings. The molecule has 0 aromatic heterocycles. The van der Waals surface area contributed by atoms with Crippen LogP contribution in [0.1, 0.15) is 24.1 Å². The lowest BCUT2D eigenvalue weighted by Crippen LogP contribution is -2.30. The predicted octanol–water partition coefficient (Wildman–Crippen LogP) is 2.24. The maximum atomic E-state index is 5.38. The number of hydrogen-bond donors (Lipinski definition) is 0. The molecule has 1 unspecified atom stereocenters. The Morgan fingerprint density at radius 3 is 2.93 bits per heavy atom. The second-order valence-electron chi connectivity index (χ2n) is 3.93. The van der Waals surface area contributed by atoms with Crippen LogP contribution in [0.15, 0.2) is 18.2 Å². The lowest BCUT2D eigenvalue weighted by molar-refractivity contribution is 0.244. The largest absolute Gasteiger partial charge is 0.496 e. The molecule has 0 amide bonds. The standard InChI is InChI=1S/C12H17NO/c1-9-10-5-4-6-12(14-3)11(10)7-8-13(9)2/h4-6,9H,7-8H2,1-3H3. The highest BCUT2D eigenvalue weighted by atomic mass is 16.5. The molecule has 1 aliphatic heterocycles. The van der Waals surface area contributed by atoms with Crippen LogP contribution in [0.25, 0.3) is 0 Å². The zero-order valence-corrected chi connectivity index (χ0v) is 9.08. The van der Waals surface area contributed by atoms with Crippen molar-refractivity contribution in [2.45, 2.75) is 19.4 Å². The Kier molecular flexibility index (Phi) is 2.46. The van der Waals surface area contributed by atoms with Crippen molar-refractivity contribution in [3.63, 3.8) is 0 Å². The molecular weight excluding hydrogens is 174 g/mol. The number of hydrogen-bond acceptors (Lipinski definition) is 2. The molecule has 14 heavy (non-hydrogen) atoms. The van der Waals surface area contributed by atoms with Crippen LogP contribution in [-0.4, -0.2) is 25.6 Å². The van der Waals surface area contributed by atoms with Gasteiger partial charge in [-0.1, -0.05) is 12.1 Å². The van der Waals surface area contributed by atoms with Crippen molar-refractivity contribution in [1.82, 2.24) is 4.90 Å². The van der Waals surface area contributed by atoms with Crippen molar-refractivity contribution < 1.29 is 4.74 Å². The lowest BCUT2D eigenvalue weighted by atomic mass is 9.93. The van der Waals surface area contributed by atoms with E-state index < -0.39 is 0 Å². The molecule has 0 fully saturated rings. The Bertz CT molecular complexity index is 335. The smallest absolute Gasteiger partial charge is 0.122 e. The van der Waals surface area contributed by atoms with Gasteiger partial charge in [0.1, 0.15) is 5.75 Å². The van der Waals surface area contributed by atoms with E-state index in [0.717, 1.165) is 18.7 Å². The Hall–Kier alpha value is -1.02. The van der Waals surface area contributed by atoms with Gasteiger partial charge in [-0.05, 0) is 32.0 Å². The zero-order valence-electron chi connectivity index (χ0n) is 9.08. The van der Waals surface area contributed by atoms with Gasteiger partial charge in [-0.15, -0.1) is 0 Å². The van der Waals surface area contributed by atoms with Crippen LogP contribution >= 0.6 is 0 Å². The highest BCUT2D eigenvalue weighted by Gasteiger charge is 2.22. The summed E-state index contributed by atoms with van der Waals surface area (Å²) in [6.07, 6.45) is 1.10. The van der Waals surface area contributed by atoms with Crippen LogP contribution in [0, 0.1) is 0 Å². The topological polar surface area (TPSA) is 12.5 Å². The highest BCUT2D eigenvalue weighted by molar-refractivity contribution is 5.43. The van der Waals surface area contributed by atoms with E-state index >= 15 is 0 Å². The molecule has 2 nitrogen and oxygen atoms in total. The fourth-order valence-electron chi connectivity index (χ4n) is 2.15. The summed E-state index contributed by atoms with van der Waals surface area (Å²) in [5, 5.41) is 0. The first-order chi connectivity index (χ1) is 6.74. The molecule has 1 heterocycles. The molecule has 2 heteroatoms. The van der Waals surface area contributed by atoms with Crippen LogP contribution < -0.4 is 4.74 Å². The van der Waals surface area contributed by atoms with Gasteiger partial charge in [0, 0.05) is 18.2 Å². The Morgan fingerprint density at radius 2 is 2.21 bits per heavy atom. The van der Waals surface area contributed by atoms with Gasteiger partial charge in [-0.3, -0.25) is 4.90 Å². The van der Waals surface area contributed by atoms with Gasteiger partial charge in [0.25, 0.3) is 0 Å². The molecule has 0 radical (unpaired) electrons. The molecule has 0 aliphatic carbocycles. The van der Waals surface area contributed by atoms with Crippen molar-refractivity contribution in [2.75, 3.05) is 20.7 Å². The third-order valence-corrected chi connectivity index (χ3v) is 3.21. The monoisotopic (exact) mass is 191 g/mol. The van der Waals surface area contributed by atoms with Gasteiger partial charge in [0.05, 0.1) is 7.11 Å². The van der Waals surface area contributed by atoms with E-state index in [9.17, 15) is 0 Å². The number of methoxy groups -OCH3 is 1. The SMILES string of the molecule is COc1cccc2c1CCN(C)C2C. The average molecular weight is 191 g/mol. The summed E-state index contributed by atoms with van der Waals surface area (Å²) in [5.74, 6) is 1.04. The van der Waals surface area contributed by atoms with Crippen LogP contribution in [0.5, 0.6) is 5.75 Å². The van der Waals surface area contributed by atoms with E-state index in [1.807, 2.05) is 0 Å². The zero-order chi connectivity index (χ0) is 10.1. The normalized spacial score (nSPS) is 21.8. The summed E-state index contributed by atoms with van der Waals surface area (Å²) in [5.41, 5.74) is 2.80. The van der Waals surface area contributed by atoms with E-state index in [4.69, 9.17) is 4.74 Å². The summed E-state index contributed by atoms with van der Waals surface area (Å²) >= 11 is 0. The fraction of sp³-hybridized carbons (Fsp3) is 0.500. The van der Waals surface area contributed by atoms with Crippen LogP contribution in [0.4, 0.5) is 0 Å². The van der Waals surface area contributed by atoms with Crippen molar-refractivity contribution in [3.8, 4) is 5.75 Å². The van der Waals surface area contributed by atoms with E-state index in [1.165, 1.54) is 11.1 Å². The first-order valence-corrected chi connectivity index (χ1v) is 5.10. The number of ether oxygens (including phenoxy) is 1. The third kappa shape index (κ3) is 1.40. The van der Waals surface area contributed by atoms with Gasteiger partial charge >= 0.3 is 0 Å². The molecule has 0 bridgehead atoms. The predicted molar refractivity (Wildman–Crippen MR) is 57.7 cm³/mol. The maximum absolute atomic E-state index is 5.38. The minimum absolute atomic E-state index is 0.508.